The molecular formula is C15H13N3O2S. The van der Waals surface area contributed by atoms with Gasteiger partial charge in [-0.2, -0.15) is 0 Å². The van der Waals surface area contributed by atoms with E-state index in [-0.39, 0.29) is 5.91 Å². The van der Waals surface area contributed by atoms with Crippen molar-refractivity contribution in [3.63, 3.8) is 0 Å². The first-order valence-corrected chi connectivity index (χ1v) is 7.44. The second kappa shape index (κ2) is 6.41. The Bertz CT molecular complexity index is 710. The van der Waals surface area contributed by atoms with Gasteiger partial charge in [-0.15, -0.1) is 11.8 Å². The van der Waals surface area contributed by atoms with Crippen molar-refractivity contribution in [2.24, 2.45) is 0 Å². The van der Waals surface area contributed by atoms with Gasteiger partial charge in [0, 0.05) is 17.3 Å². The number of carbonyl (C=O) groups excluding carboxylic acids is 1. The van der Waals surface area contributed by atoms with E-state index in [0.29, 0.717) is 18.2 Å². The summed E-state index contributed by atoms with van der Waals surface area (Å²) in [4.78, 5) is 21.0. The van der Waals surface area contributed by atoms with Crippen molar-refractivity contribution in [2.75, 3.05) is 5.75 Å². The topological polar surface area (TPSA) is 68.0 Å². The lowest BCUT2D eigenvalue weighted by molar-refractivity contribution is -0.118. The van der Waals surface area contributed by atoms with Crippen LogP contribution in [0, 0.1) is 0 Å². The molecule has 0 aliphatic rings. The molecule has 0 spiro atoms. The van der Waals surface area contributed by atoms with Gasteiger partial charge in [0.25, 0.3) is 0 Å². The molecule has 6 heteroatoms. The number of amides is 1. The van der Waals surface area contributed by atoms with Gasteiger partial charge >= 0.3 is 0 Å². The van der Waals surface area contributed by atoms with E-state index in [1.54, 1.807) is 12.4 Å². The van der Waals surface area contributed by atoms with Gasteiger partial charge in [-0.05, 0) is 24.3 Å². The van der Waals surface area contributed by atoms with Crippen LogP contribution in [0.2, 0.25) is 0 Å². The molecule has 0 saturated heterocycles. The van der Waals surface area contributed by atoms with Gasteiger partial charge in [-0.3, -0.25) is 9.78 Å². The van der Waals surface area contributed by atoms with E-state index in [2.05, 4.69) is 15.3 Å². The van der Waals surface area contributed by atoms with E-state index in [1.807, 2.05) is 36.4 Å². The van der Waals surface area contributed by atoms with Gasteiger partial charge in [-0.25, -0.2) is 4.98 Å². The number of aromatic nitrogens is 2. The predicted octanol–water partition coefficient (Wildman–Crippen LogP) is 2.63. The maximum atomic E-state index is 11.8. The Balaban J connectivity index is 1.51. The lowest BCUT2D eigenvalue weighted by Gasteiger charge is -2.02. The van der Waals surface area contributed by atoms with Crippen LogP contribution in [0.25, 0.3) is 11.1 Å². The minimum Gasteiger partial charge on any atom is -0.439 e. The second-order valence-corrected chi connectivity index (χ2v) is 5.37. The Hall–Kier alpha value is -2.34. The van der Waals surface area contributed by atoms with Crippen LogP contribution >= 0.6 is 11.8 Å². The van der Waals surface area contributed by atoms with Crippen LogP contribution in [0.3, 0.4) is 0 Å². The molecule has 106 valence electrons. The molecule has 3 aromatic rings. The van der Waals surface area contributed by atoms with E-state index in [0.717, 1.165) is 16.0 Å². The van der Waals surface area contributed by atoms with Gasteiger partial charge in [0.2, 0.25) is 11.8 Å². The highest BCUT2D eigenvalue weighted by molar-refractivity contribution is 8.00. The Labute approximate surface area is 125 Å². The number of pyridine rings is 1. The van der Waals surface area contributed by atoms with Crippen LogP contribution in [-0.2, 0) is 11.3 Å². The van der Waals surface area contributed by atoms with Gasteiger partial charge in [0.05, 0.1) is 12.3 Å². The normalized spacial score (nSPS) is 10.7. The highest BCUT2D eigenvalue weighted by atomic mass is 32.2. The van der Waals surface area contributed by atoms with Gasteiger partial charge in [0.1, 0.15) is 5.52 Å². The molecule has 0 radical (unpaired) electrons. The maximum Gasteiger partial charge on any atom is 0.230 e. The van der Waals surface area contributed by atoms with Crippen molar-refractivity contribution in [1.29, 1.82) is 0 Å². The fourth-order valence-corrected chi connectivity index (χ4v) is 2.52. The molecule has 0 unspecified atom stereocenters. The molecule has 3 rings (SSSR count). The zero-order valence-electron chi connectivity index (χ0n) is 11.2. The summed E-state index contributed by atoms with van der Waals surface area (Å²) in [5.41, 5.74) is 1.53. The van der Waals surface area contributed by atoms with Crippen molar-refractivity contribution in [3.05, 3.63) is 54.7 Å². The maximum absolute atomic E-state index is 11.8. The van der Waals surface area contributed by atoms with Crippen LogP contribution in [0.5, 0.6) is 0 Å². The van der Waals surface area contributed by atoms with Crippen molar-refractivity contribution >= 4 is 28.8 Å². The molecule has 2 heterocycles. The summed E-state index contributed by atoms with van der Waals surface area (Å²) in [6.07, 6.45) is 3.41. The minimum absolute atomic E-state index is 0.0564. The second-order valence-electron chi connectivity index (χ2n) is 4.32. The Morgan fingerprint density at radius 2 is 2.00 bits per heavy atom. The molecule has 0 saturated carbocycles. The third-order valence-corrected chi connectivity index (χ3v) is 3.81. The van der Waals surface area contributed by atoms with E-state index >= 15 is 0 Å². The van der Waals surface area contributed by atoms with Gasteiger partial charge in [-0.1, -0.05) is 12.1 Å². The lowest BCUT2D eigenvalue weighted by atomic mass is 10.3. The molecule has 1 aromatic carbocycles. The monoisotopic (exact) mass is 299 g/mol. The first-order chi connectivity index (χ1) is 10.3. The summed E-state index contributed by atoms with van der Waals surface area (Å²) in [7, 11) is 0. The summed E-state index contributed by atoms with van der Waals surface area (Å²) >= 11 is 1.47. The number of thioether (sulfide) groups is 1. The fraction of sp³-hybridized carbons (Fsp3) is 0.133. The molecule has 0 bridgehead atoms. The number of carbonyl (C=O) groups is 1. The lowest BCUT2D eigenvalue weighted by Crippen LogP contribution is -2.24. The Kier molecular flexibility index (Phi) is 4.16. The number of fused-ring (bicyclic) bond motifs is 1. The van der Waals surface area contributed by atoms with Crippen LogP contribution in [-0.4, -0.2) is 21.6 Å². The van der Waals surface area contributed by atoms with Crippen molar-refractivity contribution in [1.82, 2.24) is 15.3 Å². The van der Waals surface area contributed by atoms with Crippen molar-refractivity contribution in [3.8, 4) is 0 Å². The third-order valence-electron chi connectivity index (χ3n) is 2.79. The number of hydrogen-bond acceptors (Lipinski definition) is 5. The number of para-hydroxylation sites is 2. The number of rotatable bonds is 5. The van der Waals surface area contributed by atoms with E-state index in [9.17, 15) is 4.79 Å². The summed E-state index contributed by atoms with van der Waals surface area (Å²) < 4.78 is 5.54. The smallest absolute Gasteiger partial charge is 0.230 e. The highest BCUT2D eigenvalue weighted by Gasteiger charge is 2.07. The summed E-state index contributed by atoms with van der Waals surface area (Å²) in [6, 6.07) is 11.3. The molecule has 1 amide bonds. The van der Waals surface area contributed by atoms with Crippen LogP contribution < -0.4 is 5.32 Å². The quantitative estimate of drug-likeness (QED) is 0.734. The molecule has 0 aliphatic carbocycles. The van der Waals surface area contributed by atoms with Crippen LogP contribution in [0.4, 0.5) is 0 Å². The molecule has 2 aromatic heterocycles. The van der Waals surface area contributed by atoms with Crippen LogP contribution in [0.1, 0.15) is 5.89 Å². The van der Waals surface area contributed by atoms with E-state index in [4.69, 9.17) is 4.42 Å². The van der Waals surface area contributed by atoms with Crippen LogP contribution in [0.15, 0.2) is 58.1 Å². The first kappa shape index (κ1) is 13.6. The number of oxazole rings is 1. The summed E-state index contributed by atoms with van der Waals surface area (Å²) in [5, 5.41) is 2.80. The van der Waals surface area contributed by atoms with E-state index in [1.165, 1.54) is 11.8 Å². The minimum atomic E-state index is -0.0564. The number of hydrogen-bond donors (Lipinski definition) is 1. The largest absolute Gasteiger partial charge is 0.439 e. The predicted molar refractivity (Wildman–Crippen MR) is 80.8 cm³/mol. The molecule has 1 N–H and O–H groups in total. The zero-order chi connectivity index (χ0) is 14.5. The standard InChI is InChI=1S/C15H13N3O2S/c19-14(10-21-11-5-7-16-8-6-11)17-9-15-18-12-3-1-2-4-13(12)20-15/h1-8H,9-10H2,(H,17,19). The average Bonchev–Trinajstić information content (AvgIpc) is 2.95. The molecule has 0 atom stereocenters. The Morgan fingerprint density at radius 3 is 2.81 bits per heavy atom. The fourth-order valence-electron chi connectivity index (χ4n) is 1.80. The first-order valence-electron chi connectivity index (χ1n) is 6.45. The molecule has 0 aliphatic heterocycles. The number of nitrogens with one attached hydrogen (secondary N) is 1. The zero-order valence-corrected chi connectivity index (χ0v) is 12.0. The number of benzene rings is 1. The summed E-state index contributed by atoms with van der Waals surface area (Å²) in [6.45, 7) is 0.296. The SMILES string of the molecule is O=C(CSc1ccncc1)NCc1nc2ccccc2o1. The van der Waals surface area contributed by atoms with E-state index < -0.39 is 0 Å². The number of nitrogens with zero attached hydrogens (tertiary/aromatic N) is 2. The van der Waals surface area contributed by atoms with Gasteiger partial charge < -0.3 is 9.73 Å². The third kappa shape index (κ3) is 3.61. The average molecular weight is 299 g/mol. The Morgan fingerprint density at radius 1 is 1.19 bits per heavy atom. The molecule has 0 fully saturated rings. The summed E-state index contributed by atoms with van der Waals surface area (Å²) in [5.74, 6) is 0.807. The van der Waals surface area contributed by atoms with Gasteiger partial charge in [0.15, 0.2) is 5.58 Å². The molecule has 21 heavy (non-hydrogen) atoms. The highest BCUT2D eigenvalue weighted by Crippen LogP contribution is 2.16. The van der Waals surface area contributed by atoms with Crippen molar-refractivity contribution in [2.45, 2.75) is 11.4 Å². The molecular weight excluding hydrogens is 286 g/mol. The molecule has 5 nitrogen and oxygen atoms in total. The van der Waals surface area contributed by atoms with Crippen molar-refractivity contribution < 1.29 is 9.21 Å².